The van der Waals surface area contributed by atoms with Crippen molar-refractivity contribution in [1.29, 1.82) is 0 Å². The third-order valence-corrected chi connectivity index (χ3v) is 3.38. The largest absolute Gasteiger partial charge is 0.337 e. The van der Waals surface area contributed by atoms with Gasteiger partial charge in [-0.25, -0.2) is 4.98 Å². The van der Waals surface area contributed by atoms with Gasteiger partial charge in [0, 0.05) is 15.7 Å². The van der Waals surface area contributed by atoms with E-state index in [2.05, 4.69) is 36.4 Å². The van der Waals surface area contributed by atoms with Crippen LogP contribution in [-0.4, -0.2) is 15.2 Å². The van der Waals surface area contributed by atoms with Gasteiger partial charge in [-0.2, -0.15) is 5.10 Å². The van der Waals surface area contributed by atoms with Crippen molar-refractivity contribution in [3.63, 3.8) is 0 Å². The van der Waals surface area contributed by atoms with E-state index in [0.717, 1.165) is 21.3 Å². The average molecular weight is 358 g/mol. The summed E-state index contributed by atoms with van der Waals surface area (Å²) in [6.45, 7) is 0. The summed E-state index contributed by atoms with van der Waals surface area (Å²) >= 11 is 15.3. The normalized spacial score (nSPS) is 10.9. The Bertz CT molecular complexity index is 736. The van der Waals surface area contributed by atoms with Gasteiger partial charge >= 0.3 is 0 Å². The number of aromatic amines is 1. The molecule has 0 spiro atoms. The molecule has 0 saturated carbocycles. The maximum atomic E-state index is 5.96. The Hall–Kier alpha value is -1.30. The Labute approximate surface area is 127 Å². The lowest BCUT2D eigenvalue weighted by molar-refractivity contribution is 1.12. The number of H-pyrrole nitrogens is 1. The van der Waals surface area contributed by atoms with E-state index >= 15 is 0 Å². The number of nitrogens with one attached hydrogen (secondary N) is 2. The maximum absolute atomic E-state index is 5.96. The number of benzene rings is 1. The zero-order valence-electron chi connectivity index (χ0n) is 9.42. The summed E-state index contributed by atoms with van der Waals surface area (Å²) in [6.07, 6.45) is 0. The molecule has 3 aromatic rings. The van der Waals surface area contributed by atoms with Crippen LogP contribution in [0.1, 0.15) is 0 Å². The molecule has 0 aliphatic heterocycles. The number of hydrogen-bond acceptors (Lipinski definition) is 3. The minimum atomic E-state index is 0.559. The smallest absolute Gasteiger partial charge is 0.178 e. The standard InChI is InChI=1S/C12H7BrCl2N4/c13-10-2-1-9-11(17-10)12(19-18-9)16-8-4-6(14)3-7(15)5-8/h1-5H,(H2,16,18,19). The van der Waals surface area contributed by atoms with Crippen LogP contribution in [0.4, 0.5) is 11.5 Å². The minimum absolute atomic E-state index is 0.559. The molecule has 0 saturated heterocycles. The van der Waals surface area contributed by atoms with Crippen molar-refractivity contribution in [2.75, 3.05) is 5.32 Å². The Morgan fingerprint density at radius 2 is 1.84 bits per heavy atom. The Balaban J connectivity index is 2.03. The SMILES string of the molecule is Clc1cc(Cl)cc(Nc2n[nH]c3ccc(Br)nc23)c1. The summed E-state index contributed by atoms with van der Waals surface area (Å²) in [5, 5.41) is 11.3. The lowest BCUT2D eigenvalue weighted by atomic mass is 10.3. The zero-order valence-corrected chi connectivity index (χ0v) is 12.5. The number of hydrogen-bond donors (Lipinski definition) is 2. The molecule has 2 aromatic heterocycles. The topological polar surface area (TPSA) is 53.6 Å². The molecule has 0 aliphatic carbocycles. The van der Waals surface area contributed by atoms with Crippen LogP contribution in [0.15, 0.2) is 34.9 Å². The maximum Gasteiger partial charge on any atom is 0.178 e. The molecule has 0 amide bonds. The lowest BCUT2D eigenvalue weighted by Gasteiger charge is -2.04. The highest BCUT2D eigenvalue weighted by molar-refractivity contribution is 9.10. The summed E-state index contributed by atoms with van der Waals surface area (Å²) in [5.41, 5.74) is 2.34. The van der Waals surface area contributed by atoms with Crippen LogP contribution < -0.4 is 5.32 Å². The average Bonchev–Trinajstić information content (AvgIpc) is 2.70. The lowest BCUT2D eigenvalue weighted by Crippen LogP contribution is -1.92. The molecule has 4 nitrogen and oxygen atoms in total. The van der Waals surface area contributed by atoms with Crippen LogP contribution in [-0.2, 0) is 0 Å². The van der Waals surface area contributed by atoms with Gasteiger partial charge in [-0.1, -0.05) is 23.2 Å². The number of fused-ring (bicyclic) bond motifs is 1. The molecule has 0 unspecified atom stereocenters. The van der Waals surface area contributed by atoms with E-state index in [4.69, 9.17) is 23.2 Å². The van der Waals surface area contributed by atoms with Gasteiger partial charge in [0.15, 0.2) is 5.82 Å². The van der Waals surface area contributed by atoms with E-state index in [1.807, 2.05) is 12.1 Å². The van der Waals surface area contributed by atoms with Gasteiger partial charge in [0.1, 0.15) is 10.1 Å². The quantitative estimate of drug-likeness (QED) is 0.649. The van der Waals surface area contributed by atoms with Gasteiger partial charge in [0.25, 0.3) is 0 Å². The second-order valence-corrected chi connectivity index (χ2v) is 5.57. The number of nitrogens with zero attached hydrogens (tertiary/aromatic N) is 2. The molecule has 0 bridgehead atoms. The number of anilines is 2. The third-order valence-electron chi connectivity index (χ3n) is 2.50. The van der Waals surface area contributed by atoms with Gasteiger partial charge in [0.2, 0.25) is 0 Å². The predicted molar refractivity (Wildman–Crippen MR) is 81.3 cm³/mol. The van der Waals surface area contributed by atoms with E-state index in [9.17, 15) is 0 Å². The van der Waals surface area contributed by atoms with Gasteiger partial charge in [0.05, 0.1) is 5.52 Å². The molecule has 7 heteroatoms. The van der Waals surface area contributed by atoms with E-state index in [0.29, 0.717) is 15.9 Å². The molecule has 19 heavy (non-hydrogen) atoms. The number of aromatic nitrogens is 3. The highest BCUT2D eigenvalue weighted by Crippen LogP contribution is 2.27. The van der Waals surface area contributed by atoms with Gasteiger partial charge in [-0.15, -0.1) is 0 Å². The summed E-state index contributed by atoms with van der Waals surface area (Å²) in [7, 11) is 0. The molecular formula is C12H7BrCl2N4. The first-order valence-electron chi connectivity index (χ1n) is 5.35. The zero-order chi connectivity index (χ0) is 13.4. The highest BCUT2D eigenvalue weighted by Gasteiger charge is 2.08. The second kappa shape index (κ2) is 5.00. The number of halogens is 3. The van der Waals surface area contributed by atoms with Gasteiger partial charge in [-0.3, -0.25) is 5.10 Å². The third kappa shape index (κ3) is 2.68. The van der Waals surface area contributed by atoms with Crippen LogP contribution in [0.25, 0.3) is 11.0 Å². The van der Waals surface area contributed by atoms with E-state index < -0.39 is 0 Å². The van der Waals surface area contributed by atoms with Crippen molar-refractivity contribution in [3.8, 4) is 0 Å². The molecule has 2 heterocycles. The van der Waals surface area contributed by atoms with Crippen molar-refractivity contribution in [3.05, 3.63) is 45.0 Å². The van der Waals surface area contributed by atoms with Crippen LogP contribution in [0.2, 0.25) is 10.0 Å². The molecule has 0 fully saturated rings. The first-order valence-corrected chi connectivity index (χ1v) is 6.90. The monoisotopic (exact) mass is 356 g/mol. The molecule has 0 aliphatic rings. The first-order chi connectivity index (χ1) is 9.11. The first kappa shape index (κ1) is 12.7. The fraction of sp³-hybridized carbons (Fsp3) is 0. The minimum Gasteiger partial charge on any atom is -0.337 e. The number of pyridine rings is 1. The van der Waals surface area contributed by atoms with E-state index in [1.54, 1.807) is 18.2 Å². The summed E-state index contributed by atoms with van der Waals surface area (Å²) < 4.78 is 0.744. The molecule has 0 atom stereocenters. The summed E-state index contributed by atoms with van der Waals surface area (Å²) in [6, 6.07) is 8.96. The van der Waals surface area contributed by atoms with Crippen molar-refractivity contribution in [2.24, 2.45) is 0 Å². The van der Waals surface area contributed by atoms with E-state index in [-0.39, 0.29) is 0 Å². The van der Waals surface area contributed by atoms with Crippen LogP contribution in [0.3, 0.4) is 0 Å². The summed E-state index contributed by atoms with van der Waals surface area (Å²) in [4.78, 5) is 4.37. The van der Waals surface area contributed by atoms with Crippen molar-refractivity contribution in [1.82, 2.24) is 15.2 Å². The summed E-state index contributed by atoms with van der Waals surface area (Å²) in [5.74, 6) is 0.620. The molecule has 0 radical (unpaired) electrons. The Morgan fingerprint density at radius 1 is 1.11 bits per heavy atom. The number of rotatable bonds is 2. The van der Waals surface area contributed by atoms with Crippen molar-refractivity contribution < 1.29 is 0 Å². The van der Waals surface area contributed by atoms with Gasteiger partial charge in [-0.05, 0) is 46.3 Å². The highest BCUT2D eigenvalue weighted by atomic mass is 79.9. The predicted octanol–water partition coefficient (Wildman–Crippen LogP) is 4.77. The van der Waals surface area contributed by atoms with Crippen molar-refractivity contribution >= 4 is 61.7 Å². The fourth-order valence-corrected chi connectivity index (χ4v) is 2.56. The molecule has 2 N–H and O–H groups in total. The fourth-order valence-electron chi connectivity index (χ4n) is 1.73. The van der Waals surface area contributed by atoms with Crippen LogP contribution in [0.5, 0.6) is 0 Å². The molecule has 3 rings (SSSR count). The molecule has 96 valence electrons. The van der Waals surface area contributed by atoms with Crippen molar-refractivity contribution in [2.45, 2.75) is 0 Å². The van der Waals surface area contributed by atoms with Crippen LogP contribution >= 0.6 is 39.1 Å². The Morgan fingerprint density at radius 3 is 2.58 bits per heavy atom. The van der Waals surface area contributed by atoms with Crippen LogP contribution in [0, 0.1) is 0 Å². The molecule has 1 aromatic carbocycles. The van der Waals surface area contributed by atoms with Gasteiger partial charge < -0.3 is 5.32 Å². The second-order valence-electron chi connectivity index (χ2n) is 3.89. The Kier molecular flexibility index (Phi) is 3.35. The molecular weight excluding hydrogens is 351 g/mol. The van der Waals surface area contributed by atoms with E-state index in [1.165, 1.54) is 0 Å².